The maximum Gasteiger partial charge on any atom is 0.270 e. The van der Waals surface area contributed by atoms with Gasteiger partial charge in [0.2, 0.25) is 5.91 Å². The van der Waals surface area contributed by atoms with Crippen LogP contribution in [0.25, 0.3) is 10.9 Å². The number of aromatic nitrogens is 3. The number of fused-ring (bicyclic) bond motifs is 1. The van der Waals surface area contributed by atoms with Crippen molar-refractivity contribution < 1.29 is 9.72 Å². The number of nitrogens with zero attached hydrogens (tertiary/aromatic N) is 5. The first-order valence-electron chi connectivity index (χ1n) is 9.85. The molecule has 0 radical (unpaired) electrons. The fraction of sp³-hybridized carbons (Fsp3) is 0.182. The van der Waals surface area contributed by atoms with Crippen LogP contribution in [0.5, 0.6) is 0 Å². The van der Waals surface area contributed by atoms with Crippen LogP contribution < -0.4 is 10.5 Å². The molecule has 0 aliphatic heterocycles. The smallest absolute Gasteiger partial charge is 0.270 e. The van der Waals surface area contributed by atoms with Crippen molar-refractivity contribution in [2.45, 2.75) is 26.8 Å². The molecule has 2 aromatic heterocycles. The van der Waals surface area contributed by atoms with Crippen LogP contribution in [0.15, 0.2) is 59.0 Å². The summed E-state index contributed by atoms with van der Waals surface area (Å²) in [5, 5.41) is 13.5. The lowest BCUT2D eigenvalue weighted by atomic mass is 10.1. The molecule has 0 spiro atoms. The number of nitro groups is 1. The maximum atomic E-state index is 12.8. The van der Waals surface area contributed by atoms with E-state index in [2.05, 4.69) is 16.9 Å². The molecule has 1 amide bonds. The van der Waals surface area contributed by atoms with Crippen molar-refractivity contribution in [2.24, 2.45) is 0 Å². The molecule has 0 aliphatic carbocycles. The van der Waals surface area contributed by atoms with E-state index in [9.17, 15) is 19.7 Å². The van der Waals surface area contributed by atoms with Crippen LogP contribution in [0.4, 0.5) is 16.5 Å². The van der Waals surface area contributed by atoms with Crippen LogP contribution in [0.2, 0.25) is 0 Å². The molecule has 0 N–H and O–H groups in total. The molecule has 10 heteroatoms. The highest BCUT2D eigenvalue weighted by Gasteiger charge is 2.18. The Bertz CT molecular complexity index is 1380. The normalized spacial score (nSPS) is 10.9. The first-order valence-corrected chi connectivity index (χ1v) is 10.7. The second kappa shape index (κ2) is 8.67. The van der Waals surface area contributed by atoms with Gasteiger partial charge >= 0.3 is 0 Å². The Morgan fingerprint density at radius 2 is 1.97 bits per heavy atom. The van der Waals surface area contributed by atoms with E-state index >= 15 is 0 Å². The van der Waals surface area contributed by atoms with Crippen molar-refractivity contribution in [1.29, 1.82) is 0 Å². The zero-order valence-corrected chi connectivity index (χ0v) is 18.2. The van der Waals surface area contributed by atoms with Gasteiger partial charge in [0.25, 0.3) is 11.2 Å². The van der Waals surface area contributed by atoms with Crippen LogP contribution in [0.1, 0.15) is 25.1 Å². The van der Waals surface area contributed by atoms with Crippen LogP contribution in [0, 0.1) is 10.1 Å². The number of aryl methyl sites for hydroxylation is 1. The predicted molar refractivity (Wildman–Crippen MR) is 123 cm³/mol. The summed E-state index contributed by atoms with van der Waals surface area (Å²) >= 11 is 1.29. The van der Waals surface area contributed by atoms with Crippen molar-refractivity contribution in [2.75, 3.05) is 4.90 Å². The van der Waals surface area contributed by atoms with Gasteiger partial charge in [0, 0.05) is 24.4 Å². The molecule has 0 bridgehead atoms. The fourth-order valence-corrected chi connectivity index (χ4v) is 4.20. The standard InChI is InChI=1S/C22H19N5O4S/c1-3-15-4-6-17(7-5-15)26(14(2)28)22-24-16(12-32-22)11-25-13-23-20-9-8-18(27(30)31)10-19(20)21(25)29/h4-10,12-13H,3,11H2,1-2H3. The number of amides is 1. The molecule has 2 aromatic carbocycles. The van der Waals surface area contributed by atoms with E-state index in [1.807, 2.05) is 24.3 Å². The zero-order chi connectivity index (χ0) is 22.8. The largest absolute Gasteiger partial charge is 0.293 e. The lowest BCUT2D eigenvalue weighted by molar-refractivity contribution is -0.384. The van der Waals surface area contributed by atoms with Crippen molar-refractivity contribution in [1.82, 2.24) is 14.5 Å². The van der Waals surface area contributed by atoms with Gasteiger partial charge in [-0.15, -0.1) is 11.3 Å². The number of nitro benzene ring substituents is 1. The van der Waals surface area contributed by atoms with Crippen molar-refractivity contribution in [3.63, 3.8) is 0 Å². The number of benzene rings is 2. The van der Waals surface area contributed by atoms with Gasteiger partial charge in [-0.25, -0.2) is 9.97 Å². The van der Waals surface area contributed by atoms with Gasteiger partial charge in [0.05, 0.1) is 40.1 Å². The molecule has 0 unspecified atom stereocenters. The second-order valence-corrected chi connectivity index (χ2v) is 7.97. The Labute approximate surface area is 186 Å². The summed E-state index contributed by atoms with van der Waals surface area (Å²) in [5.74, 6) is -0.174. The minimum atomic E-state index is -0.549. The summed E-state index contributed by atoms with van der Waals surface area (Å²) in [4.78, 5) is 46.0. The third-order valence-corrected chi connectivity index (χ3v) is 5.87. The summed E-state index contributed by atoms with van der Waals surface area (Å²) < 4.78 is 1.35. The number of non-ortho nitro benzene ring substituents is 1. The zero-order valence-electron chi connectivity index (χ0n) is 17.4. The molecule has 162 valence electrons. The van der Waals surface area contributed by atoms with E-state index in [0.717, 1.165) is 6.42 Å². The highest BCUT2D eigenvalue weighted by molar-refractivity contribution is 7.14. The Morgan fingerprint density at radius 3 is 2.62 bits per heavy atom. The van der Waals surface area contributed by atoms with Gasteiger partial charge in [-0.3, -0.25) is 29.2 Å². The molecule has 9 nitrogen and oxygen atoms in total. The van der Waals surface area contributed by atoms with E-state index in [0.29, 0.717) is 22.0 Å². The minimum Gasteiger partial charge on any atom is -0.293 e. The Kier molecular flexibility index (Phi) is 5.78. The summed E-state index contributed by atoms with van der Waals surface area (Å²) in [7, 11) is 0. The molecule has 32 heavy (non-hydrogen) atoms. The molecule has 4 aromatic rings. The lowest BCUT2D eigenvalue weighted by Crippen LogP contribution is -2.23. The summed E-state index contributed by atoms with van der Waals surface area (Å²) in [5.41, 5.74) is 2.28. The molecule has 0 saturated heterocycles. The fourth-order valence-electron chi connectivity index (χ4n) is 3.33. The number of carbonyl (C=O) groups excluding carboxylic acids is 1. The number of rotatable bonds is 6. The average Bonchev–Trinajstić information content (AvgIpc) is 3.23. The van der Waals surface area contributed by atoms with E-state index in [1.54, 1.807) is 5.38 Å². The van der Waals surface area contributed by atoms with Crippen LogP contribution in [-0.4, -0.2) is 25.4 Å². The van der Waals surface area contributed by atoms with Crippen molar-refractivity contribution in [3.05, 3.63) is 85.9 Å². The quantitative estimate of drug-likeness (QED) is 0.324. The molecule has 2 heterocycles. The third kappa shape index (κ3) is 4.12. The maximum absolute atomic E-state index is 12.8. The molecule has 0 saturated carbocycles. The van der Waals surface area contributed by atoms with Crippen molar-refractivity contribution in [3.8, 4) is 0 Å². The summed E-state index contributed by atoms with van der Waals surface area (Å²) in [6.07, 6.45) is 2.29. The van der Waals surface area contributed by atoms with Gasteiger partial charge in [-0.1, -0.05) is 19.1 Å². The topological polar surface area (TPSA) is 111 Å². The summed E-state index contributed by atoms with van der Waals surface area (Å²) in [6, 6.07) is 11.7. The number of carbonyl (C=O) groups is 1. The summed E-state index contributed by atoms with van der Waals surface area (Å²) in [6.45, 7) is 3.66. The predicted octanol–water partition coefficient (Wildman–Crippen LogP) is 4.06. The average molecular weight is 449 g/mol. The number of hydrogen-bond acceptors (Lipinski definition) is 7. The van der Waals surface area contributed by atoms with Gasteiger partial charge in [-0.05, 0) is 30.2 Å². The molecule has 0 atom stereocenters. The molecular weight excluding hydrogens is 430 g/mol. The Hall–Kier alpha value is -3.92. The van der Waals surface area contributed by atoms with E-state index in [4.69, 9.17) is 0 Å². The second-order valence-electron chi connectivity index (χ2n) is 7.13. The lowest BCUT2D eigenvalue weighted by Gasteiger charge is -2.18. The van der Waals surface area contributed by atoms with E-state index in [1.165, 1.54) is 57.8 Å². The van der Waals surface area contributed by atoms with Gasteiger partial charge < -0.3 is 0 Å². The highest BCUT2D eigenvalue weighted by atomic mass is 32.1. The molecule has 0 fully saturated rings. The van der Waals surface area contributed by atoms with E-state index < -0.39 is 10.5 Å². The van der Waals surface area contributed by atoms with Crippen LogP contribution in [0.3, 0.4) is 0 Å². The SMILES string of the molecule is CCc1ccc(N(C(C)=O)c2nc(Cn3cnc4ccc([N+](=O)[O-])cc4c3=O)cs2)cc1. The minimum absolute atomic E-state index is 0.126. The monoisotopic (exact) mass is 449 g/mol. The Morgan fingerprint density at radius 1 is 1.22 bits per heavy atom. The Balaban J connectivity index is 1.65. The first-order chi connectivity index (χ1) is 15.4. The van der Waals surface area contributed by atoms with Crippen molar-refractivity contribution >= 4 is 44.7 Å². The highest BCUT2D eigenvalue weighted by Crippen LogP contribution is 2.29. The first kappa shape index (κ1) is 21.3. The van der Waals surface area contributed by atoms with Gasteiger partial charge in [0.15, 0.2) is 5.13 Å². The van der Waals surface area contributed by atoms with E-state index in [-0.39, 0.29) is 23.5 Å². The molecular formula is C22H19N5O4S. The third-order valence-electron chi connectivity index (χ3n) is 5.00. The number of thiazole rings is 1. The number of anilines is 2. The molecule has 4 rings (SSSR count). The van der Waals surface area contributed by atoms with Gasteiger partial charge in [-0.2, -0.15) is 0 Å². The van der Waals surface area contributed by atoms with Crippen LogP contribution in [-0.2, 0) is 17.8 Å². The number of hydrogen-bond donors (Lipinski definition) is 0. The van der Waals surface area contributed by atoms with Crippen LogP contribution >= 0.6 is 11.3 Å². The van der Waals surface area contributed by atoms with Gasteiger partial charge in [0.1, 0.15) is 0 Å². The molecule has 0 aliphatic rings.